The first-order valence-electron chi connectivity index (χ1n) is 11.5. The molecule has 2 aliphatic heterocycles. The lowest BCUT2D eigenvalue weighted by Gasteiger charge is -2.42. The number of likely N-dealkylation sites (tertiary alicyclic amines) is 1. The summed E-state index contributed by atoms with van der Waals surface area (Å²) >= 11 is 0. The molecule has 0 aromatic rings. The van der Waals surface area contributed by atoms with Crippen molar-refractivity contribution in [2.75, 3.05) is 19.7 Å². The molecule has 0 radical (unpaired) electrons. The summed E-state index contributed by atoms with van der Waals surface area (Å²) in [6.45, 7) is 13.0. The van der Waals surface area contributed by atoms with Crippen LogP contribution in [0.15, 0.2) is 0 Å². The van der Waals surface area contributed by atoms with E-state index in [1.54, 1.807) is 0 Å². The van der Waals surface area contributed by atoms with Crippen molar-refractivity contribution < 1.29 is 9.47 Å². The minimum Gasteiger partial charge on any atom is -0.347 e. The molecule has 0 bridgehead atoms. The third-order valence-electron chi connectivity index (χ3n) is 7.84. The topological polar surface area (TPSA) is 21.7 Å². The summed E-state index contributed by atoms with van der Waals surface area (Å²) in [6, 6.07) is 0.792. The summed E-state index contributed by atoms with van der Waals surface area (Å²) in [5.74, 6) is 0.600. The standard InChI is InChI=1S/C23H43NO2/c1-5-22(3,4)20-12-14-23(15-13-20)25-18-21(26-23)11-7-9-17-24-16-8-6-10-19(24)2/h19-21H,5-18H2,1-4H3. The SMILES string of the molecule is CCC(C)(C)C1CCC2(CC1)OCC(CCCCN1CCCCC1C)O2. The van der Waals surface area contributed by atoms with Gasteiger partial charge in [-0.3, -0.25) is 0 Å². The van der Waals surface area contributed by atoms with Crippen molar-refractivity contribution in [1.82, 2.24) is 4.90 Å². The number of piperidine rings is 1. The third kappa shape index (κ3) is 5.02. The van der Waals surface area contributed by atoms with Crippen molar-refractivity contribution in [1.29, 1.82) is 0 Å². The number of unbranched alkanes of at least 4 members (excludes halogenated alkanes) is 1. The molecular formula is C23H43NO2. The first-order chi connectivity index (χ1) is 12.4. The van der Waals surface area contributed by atoms with Crippen LogP contribution in [0.25, 0.3) is 0 Å². The highest BCUT2D eigenvalue weighted by molar-refractivity contribution is 4.89. The summed E-state index contributed by atoms with van der Waals surface area (Å²) in [5, 5.41) is 0. The van der Waals surface area contributed by atoms with Gasteiger partial charge in [0.05, 0.1) is 12.7 Å². The first-order valence-corrected chi connectivity index (χ1v) is 11.5. The Bertz CT molecular complexity index is 428. The Labute approximate surface area is 162 Å². The van der Waals surface area contributed by atoms with E-state index in [1.165, 1.54) is 70.9 Å². The van der Waals surface area contributed by atoms with E-state index >= 15 is 0 Å². The number of rotatable bonds is 7. The van der Waals surface area contributed by atoms with Gasteiger partial charge in [0.25, 0.3) is 0 Å². The Balaban J connectivity index is 1.34. The zero-order chi connectivity index (χ0) is 18.6. The van der Waals surface area contributed by atoms with Crippen LogP contribution in [0.4, 0.5) is 0 Å². The first kappa shape index (κ1) is 20.6. The van der Waals surface area contributed by atoms with Gasteiger partial charge in [0.2, 0.25) is 0 Å². The van der Waals surface area contributed by atoms with Crippen LogP contribution in [0.2, 0.25) is 0 Å². The van der Waals surface area contributed by atoms with Gasteiger partial charge >= 0.3 is 0 Å². The van der Waals surface area contributed by atoms with Gasteiger partial charge < -0.3 is 14.4 Å². The van der Waals surface area contributed by atoms with Crippen LogP contribution in [0.1, 0.15) is 98.3 Å². The summed E-state index contributed by atoms with van der Waals surface area (Å²) in [5.41, 5.74) is 0.463. The molecule has 2 unspecified atom stereocenters. The van der Waals surface area contributed by atoms with Crippen LogP contribution >= 0.6 is 0 Å². The lowest BCUT2D eigenvalue weighted by molar-refractivity contribution is -0.197. The second-order valence-corrected chi connectivity index (χ2v) is 9.95. The Morgan fingerprint density at radius 3 is 2.54 bits per heavy atom. The van der Waals surface area contributed by atoms with E-state index < -0.39 is 0 Å². The van der Waals surface area contributed by atoms with Gasteiger partial charge in [0.1, 0.15) is 0 Å². The average molecular weight is 366 g/mol. The maximum absolute atomic E-state index is 6.46. The molecule has 1 aliphatic carbocycles. The highest BCUT2D eigenvalue weighted by Crippen LogP contribution is 2.47. The Hall–Kier alpha value is -0.120. The monoisotopic (exact) mass is 365 g/mol. The molecule has 2 heterocycles. The van der Waals surface area contributed by atoms with Crippen LogP contribution in [0, 0.1) is 11.3 Å². The molecule has 3 fully saturated rings. The van der Waals surface area contributed by atoms with E-state index in [4.69, 9.17) is 9.47 Å². The highest BCUT2D eigenvalue weighted by Gasteiger charge is 2.46. The molecule has 0 N–H and O–H groups in total. The molecule has 2 atom stereocenters. The molecule has 152 valence electrons. The van der Waals surface area contributed by atoms with Crippen molar-refractivity contribution in [3.63, 3.8) is 0 Å². The molecule has 0 aromatic carbocycles. The van der Waals surface area contributed by atoms with Gasteiger partial charge in [-0.25, -0.2) is 0 Å². The van der Waals surface area contributed by atoms with Crippen LogP contribution in [-0.4, -0.2) is 42.5 Å². The molecule has 3 nitrogen and oxygen atoms in total. The average Bonchev–Trinajstić information content (AvgIpc) is 3.03. The minimum atomic E-state index is -0.230. The van der Waals surface area contributed by atoms with Crippen LogP contribution in [-0.2, 0) is 9.47 Å². The maximum atomic E-state index is 6.46. The molecule has 1 saturated carbocycles. The summed E-state index contributed by atoms with van der Waals surface area (Å²) in [4.78, 5) is 2.69. The number of ether oxygens (including phenoxy) is 2. The Morgan fingerprint density at radius 2 is 1.85 bits per heavy atom. The largest absolute Gasteiger partial charge is 0.347 e. The smallest absolute Gasteiger partial charge is 0.168 e. The summed E-state index contributed by atoms with van der Waals surface area (Å²) in [7, 11) is 0. The third-order valence-corrected chi connectivity index (χ3v) is 7.84. The molecule has 3 heteroatoms. The van der Waals surface area contributed by atoms with Gasteiger partial charge in [0, 0.05) is 18.9 Å². The summed E-state index contributed by atoms with van der Waals surface area (Å²) in [6.07, 6.45) is 14.3. The molecular weight excluding hydrogens is 322 g/mol. The van der Waals surface area contributed by atoms with Gasteiger partial charge in [-0.2, -0.15) is 0 Å². The second kappa shape index (κ2) is 8.92. The van der Waals surface area contributed by atoms with Crippen molar-refractivity contribution in [2.24, 2.45) is 11.3 Å². The minimum absolute atomic E-state index is 0.230. The fraction of sp³-hybridized carbons (Fsp3) is 1.00. The molecule has 1 spiro atoms. The van der Waals surface area contributed by atoms with E-state index in [0.717, 1.165) is 31.4 Å². The molecule has 3 aliphatic rings. The van der Waals surface area contributed by atoms with E-state index in [0.29, 0.717) is 11.5 Å². The van der Waals surface area contributed by atoms with Crippen LogP contribution < -0.4 is 0 Å². The number of hydrogen-bond donors (Lipinski definition) is 0. The molecule has 3 rings (SSSR count). The predicted octanol–water partition coefficient (Wildman–Crippen LogP) is 5.77. The normalized spacial score (nSPS) is 36.7. The van der Waals surface area contributed by atoms with Gasteiger partial charge in [-0.15, -0.1) is 0 Å². The molecule has 0 amide bonds. The van der Waals surface area contributed by atoms with E-state index in [9.17, 15) is 0 Å². The Morgan fingerprint density at radius 1 is 1.08 bits per heavy atom. The lowest BCUT2D eigenvalue weighted by atomic mass is 9.68. The number of nitrogens with zero attached hydrogens (tertiary/aromatic N) is 1. The maximum Gasteiger partial charge on any atom is 0.168 e. The van der Waals surface area contributed by atoms with E-state index in [2.05, 4.69) is 32.6 Å². The van der Waals surface area contributed by atoms with Crippen molar-refractivity contribution in [3.8, 4) is 0 Å². The Kier molecular flexibility index (Phi) is 7.07. The van der Waals surface area contributed by atoms with Gasteiger partial charge in [0.15, 0.2) is 5.79 Å². The predicted molar refractivity (Wildman–Crippen MR) is 108 cm³/mol. The summed E-state index contributed by atoms with van der Waals surface area (Å²) < 4.78 is 12.7. The molecule has 2 saturated heterocycles. The van der Waals surface area contributed by atoms with Crippen LogP contribution in [0.3, 0.4) is 0 Å². The fourth-order valence-electron chi connectivity index (χ4n) is 5.33. The highest BCUT2D eigenvalue weighted by atomic mass is 16.7. The molecule has 26 heavy (non-hydrogen) atoms. The number of hydrogen-bond acceptors (Lipinski definition) is 3. The van der Waals surface area contributed by atoms with Gasteiger partial charge in [-0.05, 0) is 76.3 Å². The zero-order valence-corrected chi connectivity index (χ0v) is 17.9. The van der Waals surface area contributed by atoms with Crippen molar-refractivity contribution in [3.05, 3.63) is 0 Å². The van der Waals surface area contributed by atoms with Crippen LogP contribution in [0.5, 0.6) is 0 Å². The molecule has 0 aromatic heterocycles. The second-order valence-electron chi connectivity index (χ2n) is 9.95. The lowest BCUT2D eigenvalue weighted by Crippen LogP contribution is -2.39. The van der Waals surface area contributed by atoms with Crippen molar-refractivity contribution in [2.45, 2.75) is 116 Å². The fourth-order valence-corrected chi connectivity index (χ4v) is 5.33. The zero-order valence-electron chi connectivity index (χ0n) is 17.9. The van der Waals surface area contributed by atoms with Gasteiger partial charge in [-0.1, -0.05) is 33.6 Å². The van der Waals surface area contributed by atoms with E-state index in [1.807, 2.05) is 0 Å². The van der Waals surface area contributed by atoms with Crippen molar-refractivity contribution >= 4 is 0 Å². The quantitative estimate of drug-likeness (QED) is 0.535. The van der Waals surface area contributed by atoms with E-state index in [-0.39, 0.29) is 5.79 Å².